The molecule has 2 aromatic rings. The molecule has 92 valence electrons. The van der Waals surface area contributed by atoms with Crippen LogP contribution in [0.25, 0.3) is 10.8 Å². The molecule has 2 rings (SSSR count). The maximum Gasteiger partial charge on any atom is 0.0127 e. The van der Waals surface area contributed by atoms with Gasteiger partial charge in [-0.25, -0.2) is 0 Å². The number of rotatable bonds is 6. The fourth-order valence-electron chi connectivity index (χ4n) is 2.30. The van der Waals surface area contributed by atoms with Crippen molar-refractivity contribution in [2.24, 2.45) is 5.92 Å². The van der Waals surface area contributed by atoms with Crippen molar-refractivity contribution in [3.63, 3.8) is 0 Å². The highest BCUT2D eigenvalue weighted by Crippen LogP contribution is 2.29. The number of hydrogen-bond donors (Lipinski definition) is 1. The van der Waals surface area contributed by atoms with Crippen LogP contribution < -0.4 is 0 Å². The second-order valence-electron chi connectivity index (χ2n) is 4.59. The quantitative estimate of drug-likeness (QED) is 0.683. The van der Waals surface area contributed by atoms with E-state index < -0.39 is 0 Å². The van der Waals surface area contributed by atoms with Crippen LogP contribution in [0.5, 0.6) is 0 Å². The van der Waals surface area contributed by atoms with E-state index in [2.05, 4.69) is 49.2 Å². The van der Waals surface area contributed by atoms with Crippen molar-refractivity contribution in [2.45, 2.75) is 32.6 Å². The zero-order valence-corrected chi connectivity index (χ0v) is 12.1. The molecule has 2 heteroatoms. The highest BCUT2D eigenvalue weighted by molar-refractivity contribution is 7.80. The Morgan fingerprint density at radius 3 is 2.88 bits per heavy atom. The number of hydrogen-bond acceptors (Lipinski definition) is 2. The fraction of sp³-hybridized carbons (Fsp3) is 0.467. The molecule has 0 saturated heterocycles. The molecule has 1 aromatic carbocycles. The minimum absolute atomic E-state index is 0.823. The molecule has 1 unspecified atom stereocenters. The van der Waals surface area contributed by atoms with Gasteiger partial charge in [-0.05, 0) is 47.1 Å². The molecule has 0 aliphatic rings. The van der Waals surface area contributed by atoms with Crippen molar-refractivity contribution in [3.8, 4) is 0 Å². The van der Waals surface area contributed by atoms with E-state index in [1.165, 1.54) is 36.5 Å². The summed E-state index contributed by atoms with van der Waals surface area (Å²) in [7, 11) is 0. The second-order valence-corrected chi connectivity index (χ2v) is 6.00. The molecule has 1 atom stereocenters. The number of fused-ring (bicyclic) bond motifs is 1. The van der Waals surface area contributed by atoms with Crippen LogP contribution >= 0.6 is 24.0 Å². The van der Waals surface area contributed by atoms with Crippen molar-refractivity contribution in [3.05, 3.63) is 34.5 Å². The van der Waals surface area contributed by atoms with E-state index in [1.54, 1.807) is 4.88 Å². The Hall–Kier alpha value is -0.470. The third kappa shape index (κ3) is 3.26. The maximum atomic E-state index is 4.31. The van der Waals surface area contributed by atoms with Crippen LogP contribution in [-0.4, -0.2) is 5.75 Å². The third-order valence-electron chi connectivity index (χ3n) is 3.41. The number of thiol groups is 1. The molecule has 1 heterocycles. The van der Waals surface area contributed by atoms with Gasteiger partial charge in [-0.15, -0.1) is 11.3 Å². The first kappa shape index (κ1) is 13.0. The van der Waals surface area contributed by atoms with Crippen LogP contribution in [0.3, 0.4) is 0 Å². The minimum Gasteiger partial charge on any atom is -0.179 e. The van der Waals surface area contributed by atoms with Gasteiger partial charge in [0.05, 0.1) is 0 Å². The molecule has 0 saturated carbocycles. The Kier molecular flexibility index (Phi) is 4.93. The van der Waals surface area contributed by atoms with Crippen LogP contribution in [-0.2, 0) is 6.42 Å². The lowest BCUT2D eigenvalue weighted by atomic mass is 9.95. The van der Waals surface area contributed by atoms with Gasteiger partial charge in [-0.1, -0.05) is 37.6 Å². The number of benzene rings is 1. The van der Waals surface area contributed by atoms with Crippen LogP contribution in [0.4, 0.5) is 0 Å². The van der Waals surface area contributed by atoms with Crippen LogP contribution in [0, 0.1) is 5.92 Å². The van der Waals surface area contributed by atoms with E-state index in [4.69, 9.17) is 0 Å². The summed E-state index contributed by atoms with van der Waals surface area (Å²) in [5, 5.41) is 5.15. The largest absolute Gasteiger partial charge is 0.179 e. The average molecular weight is 264 g/mol. The highest BCUT2D eigenvalue weighted by atomic mass is 32.1. The summed E-state index contributed by atoms with van der Waals surface area (Å²) in [6.45, 7) is 2.30. The zero-order valence-electron chi connectivity index (χ0n) is 10.4. The molecule has 0 bridgehead atoms. The van der Waals surface area contributed by atoms with Crippen molar-refractivity contribution in [2.75, 3.05) is 5.75 Å². The standard InChI is InChI=1S/C15H20S2/c1-2-12(6-5-9-16)10-15-14-8-4-3-7-13(14)11-17-15/h3-4,7-8,11-12,16H,2,5-6,9-10H2,1H3. The van der Waals surface area contributed by atoms with E-state index in [9.17, 15) is 0 Å². The molecule has 0 N–H and O–H groups in total. The van der Waals surface area contributed by atoms with Crippen LogP contribution in [0.1, 0.15) is 31.1 Å². The Morgan fingerprint density at radius 2 is 2.12 bits per heavy atom. The molecule has 17 heavy (non-hydrogen) atoms. The lowest BCUT2D eigenvalue weighted by Gasteiger charge is -2.13. The predicted octanol–water partition coefficient (Wildman–Crippen LogP) is 5.18. The van der Waals surface area contributed by atoms with Crippen LogP contribution in [0.2, 0.25) is 0 Å². The first-order chi connectivity index (χ1) is 8.35. The van der Waals surface area contributed by atoms with E-state index in [0.717, 1.165) is 11.7 Å². The normalized spacial score (nSPS) is 13.1. The van der Waals surface area contributed by atoms with Crippen molar-refractivity contribution in [1.29, 1.82) is 0 Å². The first-order valence-corrected chi connectivity index (χ1v) is 7.92. The van der Waals surface area contributed by atoms with Gasteiger partial charge in [-0.3, -0.25) is 0 Å². The fourth-order valence-corrected chi connectivity index (χ4v) is 3.60. The van der Waals surface area contributed by atoms with E-state index >= 15 is 0 Å². The zero-order chi connectivity index (χ0) is 12.1. The summed E-state index contributed by atoms with van der Waals surface area (Å²) in [5.74, 6) is 1.84. The van der Waals surface area contributed by atoms with E-state index in [-0.39, 0.29) is 0 Å². The Bertz CT molecular complexity index is 459. The molecule has 0 nitrogen and oxygen atoms in total. The summed E-state index contributed by atoms with van der Waals surface area (Å²) in [6, 6.07) is 8.74. The topological polar surface area (TPSA) is 0 Å². The van der Waals surface area contributed by atoms with Crippen LogP contribution in [0.15, 0.2) is 29.6 Å². The summed E-state index contributed by atoms with van der Waals surface area (Å²) in [5.41, 5.74) is 0. The van der Waals surface area contributed by atoms with Gasteiger partial charge in [0.25, 0.3) is 0 Å². The lowest BCUT2D eigenvalue weighted by Crippen LogP contribution is -2.02. The molecule has 0 fully saturated rings. The summed E-state index contributed by atoms with van der Waals surface area (Å²) in [4.78, 5) is 1.56. The maximum absolute atomic E-state index is 4.31. The SMILES string of the molecule is CCC(CCCS)Cc1scc2ccccc12. The monoisotopic (exact) mass is 264 g/mol. The summed E-state index contributed by atoms with van der Waals surface area (Å²) >= 11 is 6.23. The molecule has 0 aliphatic carbocycles. The van der Waals surface area contributed by atoms with E-state index in [1.807, 2.05) is 11.3 Å². The molecular weight excluding hydrogens is 244 g/mol. The van der Waals surface area contributed by atoms with Gasteiger partial charge >= 0.3 is 0 Å². The molecule has 0 amide bonds. The first-order valence-electron chi connectivity index (χ1n) is 6.41. The van der Waals surface area contributed by atoms with Gasteiger partial charge in [0.2, 0.25) is 0 Å². The average Bonchev–Trinajstić information content (AvgIpc) is 2.78. The highest BCUT2D eigenvalue weighted by Gasteiger charge is 2.10. The van der Waals surface area contributed by atoms with Crippen molar-refractivity contribution in [1.82, 2.24) is 0 Å². The molecular formula is C15H20S2. The Morgan fingerprint density at radius 1 is 1.29 bits per heavy atom. The Balaban J connectivity index is 2.11. The summed E-state index contributed by atoms with van der Waals surface area (Å²) in [6.07, 6.45) is 5.07. The van der Waals surface area contributed by atoms with Gasteiger partial charge in [0.15, 0.2) is 0 Å². The van der Waals surface area contributed by atoms with E-state index in [0.29, 0.717) is 0 Å². The second kappa shape index (κ2) is 6.46. The molecule has 0 radical (unpaired) electrons. The molecule has 0 spiro atoms. The van der Waals surface area contributed by atoms with Gasteiger partial charge < -0.3 is 0 Å². The van der Waals surface area contributed by atoms with Gasteiger partial charge in [0, 0.05) is 4.88 Å². The lowest BCUT2D eigenvalue weighted by molar-refractivity contribution is 0.468. The molecule has 0 aliphatic heterocycles. The smallest absolute Gasteiger partial charge is 0.0127 e. The molecule has 1 aromatic heterocycles. The van der Waals surface area contributed by atoms with Gasteiger partial charge in [-0.2, -0.15) is 12.6 Å². The van der Waals surface area contributed by atoms with Crippen molar-refractivity contribution < 1.29 is 0 Å². The predicted molar refractivity (Wildman–Crippen MR) is 82.4 cm³/mol. The third-order valence-corrected chi connectivity index (χ3v) is 4.77. The van der Waals surface area contributed by atoms with Gasteiger partial charge in [0.1, 0.15) is 0 Å². The number of thiophene rings is 1. The minimum atomic E-state index is 0.823. The summed E-state index contributed by atoms with van der Waals surface area (Å²) < 4.78 is 0. The van der Waals surface area contributed by atoms with Crippen molar-refractivity contribution >= 4 is 34.7 Å². The Labute approximate surface area is 113 Å².